The van der Waals surface area contributed by atoms with Crippen LogP contribution in [0.1, 0.15) is 34.8 Å². The van der Waals surface area contributed by atoms with E-state index >= 15 is 0 Å². The summed E-state index contributed by atoms with van der Waals surface area (Å²) in [6, 6.07) is 14.6. The Kier molecular flexibility index (Phi) is 6.09. The zero-order chi connectivity index (χ0) is 25.2. The van der Waals surface area contributed by atoms with Crippen LogP contribution in [0.4, 0.5) is 0 Å². The first-order valence-corrected chi connectivity index (χ1v) is 11.6. The Morgan fingerprint density at radius 3 is 2.25 bits per heavy atom. The second-order valence-corrected chi connectivity index (χ2v) is 8.57. The number of terminal acetylenes is 1. The number of H-pyrrole nitrogens is 1. The zero-order valence-electron chi connectivity index (χ0n) is 19.7. The Bertz CT molecular complexity index is 1450. The molecule has 3 N–H and O–H groups in total. The number of methoxy groups -OCH3 is 1. The third-order valence-corrected chi connectivity index (χ3v) is 6.49. The van der Waals surface area contributed by atoms with Gasteiger partial charge in [-0.15, -0.1) is 6.42 Å². The van der Waals surface area contributed by atoms with E-state index in [1.165, 1.54) is 0 Å². The van der Waals surface area contributed by atoms with Crippen molar-refractivity contribution >= 4 is 17.5 Å². The lowest BCUT2D eigenvalue weighted by atomic mass is 9.91. The summed E-state index contributed by atoms with van der Waals surface area (Å²) >= 11 is 0. The van der Waals surface area contributed by atoms with Crippen molar-refractivity contribution in [3.63, 3.8) is 0 Å². The molecule has 4 aromatic rings. The number of carbonyl (C=O) groups is 2. The predicted octanol–water partition coefficient (Wildman–Crippen LogP) is 3.57. The van der Waals surface area contributed by atoms with Gasteiger partial charge in [-0.1, -0.05) is 0 Å². The number of hydrogen-bond acceptors (Lipinski definition) is 5. The maximum Gasteiger partial charge on any atom is 0.298 e. The number of fused-ring (bicyclic) bond motifs is 1. The van der Waals surface area contributed by atoms with Gasteiger partial charge in [0.25, 0.3) is 11.8 Å². The summed E-state index contributed by atoms with van der Waals surface area (Å²) in [4.78, 5) is 30.7. The van der Waals surface area contributed by atoms with Crippen LogP contribution in [-0.2, 0) is 4.79 Å². The Morgan fingerprint density at radius 2 is 1.67 bits per heavy atom. The molecule has 3 heterocycles. The van der Waals surface area contributed by atoms with Crippen molar-refractivity contribution in [2.45, 2.75) is 18.8 Å². The smallest absolute Gasteiger partial charge is 0.298 e. The summed E-state index contributed by atoms with van der Waals surface area (Å²) in [7, 11) is 1.61. The minimum absolute atomic E-state index is 0.178. The number of imidazole rings is 1. The minimum atomic E-state index is -0.584. The molecule has 5 rings (SSSR count). The molecule has 1 aliphatic rings. The van der Waals surface area contributed by atoms with Gasteiger partial charge in [0.1, 0.15) is 22.9 Å². The molecule has 9 heteroatoms. The largest absolute Gasteiger partial charge is 0.497 e. The van der Waals surface area contributed by atoms with Crippen LogP contribution < -0.4 is 15.2 Å². The van der Waals surface area contributed by atoms with Crippen LogP contribution in [0.15, 0.2) is 54.7 Å². The Hall–Kier alpha value is -4.71. The van der Waals surface area contributed by atoms with Crippen molar-refractivity contribution in [2.75, 3.05) is 20.2 Å². The fourth-order valence-electron chi connectivity index (χ4n) is 4.61. The van der Waals surface area contributed by atoms with E-state index in [2.05, 4.69) is 11.0 Å². The quantitative estimate of drug-likeness (QED) is 0.407. The number of benzene rings is 2. The number of aromatic nitrogens is 3. The van der Waals surface area contributed by atoms with Gasteiger partial charge in [-0.3, -0.25) is 14.7 Å². The van der Waals surface area contributed by atoms with E-state index in [1.54, 1.807) is 16.5 Å². The molecule has 0 spiro atoms. The average Bonchev–Trinajstić information content (AvgIpc) is 3.49. The van der Waals surface area contributed by atoms with Gasteiger partial charge in [-0.05, 0) is 73.2 Å². The maximum atomic E-state index is 12.4. The number of likely N-dealkylation sites (tertiary alicyclic amines) is 1. The van der Waals surface area contributed by atoms with Gasteiger partial charge >= 0.3 is 0 Å². The molecule has 0 saturated carbocycles. The lowest BCUT2D eigenvalue weighted by molar-refractivity contribution is -0.126. The summed E-state index contributed by atoms with van der Waals surface area (Å²) in [5.41, 5.74) is 8.90. The van der Waals surface area contributed by atoms with Gasteiger partial charge < -0.3 is 20.1 Å². The molecular formula is C27H25N5O4. The molecule has 1 fully saturated rings. The first-order valence-electron chi connectivity index (χ1n) is 11.6. The van der Waals surface area contributed by atoms with Gasteiger partial charge in [0.15, 0.2) is 11.3 Å². The Balaban J connectivity index is 1.41. The highest BCUT2D eigenvalue weighted by Crippen LogP contribution is 2.34. The van der Waals surface area contributed by atoms with Crippen molar-refractivity contribution in [1.29, 1.82) is 0 Å². The molecule has 0 unspecified atom stereocenters. The second-order valence-electron chi connectivity index (χ2n) is 8.57. The number of nitrogens with one attached hydrogen (secondary N) is 1. The molecule has 36 heavy (non-hydrogen) atoms. The molecule has 2 aromatic heterocycles. The van der Waals surface area contributed by atoms with Crippen LogP contribution >= 0.6 is 0 Å². The number of nitrogens with two attached hydrogens (primary N) is 1. The molecule has 0 atom stereocenters. The summed E-state index contributed by atoms with van der Waals surface area (Å²) in [6.45, 7) is 1.16. The highest BCUT2D eigenvalue weighted by atomic mass is 16.5. The molecule has 2 amide bonds. The number of nitrogens with zero attached hydrogens (tertiary/aromatic N) is 3. The van der Waals surface area contributed by atoms with Crippen molar-refractivity contribution in [3.8, 4) is 40.8 Å². The van der Waals surface area contributed by atoms with E-state index in [0.717, 1.165) is 29.7 Å². The minimum Gasteiger partial charge on any atom is -0.497 e. The first-order chi connectivity index (χ1) is 17.5. The van der Waals surface area contributed by atoms with E-state index in [4.69, 9.17) is 26.6 Å². The topological polar surface area (TPSA) is 115 Å². The van der Waals surface area contributed by atoms with Crippen LogP contribution in [-0.4, -0.2) is 51.5 Å². The third kappa shape index (κ3) is 4.25. The van der Waals surface area contributed by atoms with Gasteiger partial charge in [0, 0.05) is 30.4 Å². The maximum absolute atomic E-state index is 12.4. The van der Waals surface area contributed by atoms with Gasteiger partial charge in [-0.25, -0.2) is 9.50 Å². The van der Waals surface area contributed by atoms with Gasteiger partial charge in [0.05, 0.1) is 7.11 Å². The lowest BCUT2D eigenvalue weighted by Crippen LogP contribution is -2.37. The number of primary amides is 1. The van der Waals surface area contributed by atoms with Crippen LogP contribution in [0, 0.1) is 12.3 Å². The van der Waals surface area contributed by atoms with Crippen LogP contribution in [0.2, 0.25) is 0 Å². The Labute approximate surface area is 207 Å². The molecule has 9 nitrogen and oxygen atoms in total. The van der Waals surface area contributed by atoms with E-state index in [1.807, 2.05) is 54.7 Å². The summed E-state index contributed by atoms with van der Waals surface area (Å²) in [6.07, 6.45) is 8.62. The fraction of sp³-hybridized carbons (Fsp3) is 0.222. The number of piperidine rings is 1. The van der Waals surface area contributed by atoms with Crippen LogP contribution in [0.25, 0.3) is 16.9 Å². The number of rotatable bonds is 6. The molecule has 2 aromatic carbocycles. The molecule has 0 aliphatic carbocycles. The molecule has 1 saturated heterocycles. The van der Waals surface area contributed by atoms with Crippen molar-refractivity contribution < 1.29 is 19.1 Å². The highest BCUT2D eigenvalue weighted by molar-refractivity contribution is 5.98. The van der Waals surface area contributed by atoms with E-state index in [9.17, 15) is 9.59 Å². The average molecular weight is 484 g/mol. The fourth-order valence-corrected chi connectivity index (χ4v) is 4.61. The monoisotopic (exact) mass is 483 g/mol. The summed E-state index contributed by atoms with van der Waals surface area (Å²) < 4.78 is 12.7. The van der Waals surface area contributed by atoms with Crippen LogP contribution in [0.5, 0.6) is 17.2 Å². The second kappa shape index (κ2) is 9.50. The summed E-state index contributed by atoms with van der Waals surface area (Å²) in [5, 5.41) is 3.13. The molecule has 0 radical (unpaired) electrons. The number of aromatic amines is 1. The molecule has 1 aliphatic heterocycles. The number of ether oxygens (including phenoxy) is 2. The number of hydrogen-bond donors (Lipinski definition) is 2. The molecular weight excluding hydrogens is 458 g/mol. The van der Waals surface area contributed by atoms with Gasteiger partial charge in [0.2, 0.25) is 0 Å². The zero-order valence-corrected chi connectivity index (χ0v) is 19.7. The summed E-state index contributed by atoms with van der Waals surface area (Å²) in [5.74, 6) is 3.55. The van der Waals surface area contributed by atoms with Crippen molar-refractivity contribution in [3.05, 3.63) is 66.0 Å². The van der Waals surface area contributed by atoms with Crippen molar-refractivity contribution in [2.24, 2.45) is 5.73 Å². The number of carbonyl (C=O) groups excluding carboxylic acids is 2. The standard InChI is InChI=1S/C27H25N5O4/c1-3-23(33)31-14-12-17(13-15-31)22-16-29-32-25(26(28)34)24(30-27(22)32)18-4-6-20(7-5-18)36-21-10-8-19(35-2)9-11-21/h1,4-11,16-17,29H,12-15H2,2H3,(H2,28,34). The molecule has 182 valence electrons. The Morgan fingerprint density at radius 1 is 1.06 bits per heavy atom. The van der Waals surface area contributed by atoms with E-state index < -0.39 is 5.91 Å². The van der Waals surface area contributed by atoms with Gasteiger partial charge in [-0.2, -0.15) is 0 Å². The normalized spacial score (nSPS) is 13.9. The number of amides is 2. The first kappa shape index (κ1) is 23.1. The predicted molar refractivity (Wildman–Crippen MR) is 134 cm³/mol. The SMILES string of the molecule is C#CC(=O)N1CCC(c2c[nH]n3c(C(N)=O)c(-c4ccc(Oc5ccc(OC)cc5)cc4)nc23)CC1. The highest BCUT2D eigenvalue weighted by Gasteiger charge is 2.28. The van der Waals surface area contributed by atoms with Crippen LogP contribution in [0.3, 0.4) is 0 Å². The lowest BCUT2D eigenvalue weighted by Gasteiger charge is -2.30. The van der Waals surface area contributed by atoms with E-state index in [-0.39, 0.29) is 17.5 Å². The van der Waals surface area contributed by atoms with Crippen molar-refractivity contribution in [1.82, 2.24) is 19.5 Å². The third-order valence-electron chi connectivity index (χ3n) is 6.49. The van der Waals surface area contributed by atoms with E-state index in [0.29, 0.717) is 35.9 Å². The molecule has 0 bridgehead atoms.